The molecule has 0 saturated carbocycles. The third-order valence-electron chi connectivity index (χ3n) is 6.42. The Morgan fingerprint density at radius 2 is 1.94 bits per heavy atom. The quantitative estimate of drug-likeness (QED) is 0.706. The number of halogens is 3. The predicted octanol–water partition coefficient (Wildman–Crippen LogP) is 3.17. The normalized spacial score (nSPS) is 19.7. The average molecular weight is 466 g/mol. The van der Waals surface area contributed by atoms with Crippen LogP contribution in [0, 0.1) is 0 Å². The number of nitrogens with zero attached hydrogens (tertiary/aromatic N) is 6. The van der Waals surface area contributed by atoms with Gasteiger partial charge in [0.15, 0.2) is 0 Å². The molecule has 0 radical (unpaired) electrons. The van der Waals surface area contributed by atoms with Gasteiger partial charge in [0.1, 0.15) is 23.8 Å². The molecule has 0 bridgehead atoms. The van der Waals surface area contributed by atoms with Gasteiger partial charge >= 0.3 is 6.18 Å². The lowest BCUT2D eigenvalue weighted by Crippen LogP contribution is -2.38. The Kier molecular flexibility index (Phi) is 6.60. The number of aromatic nitrogens is 4. The second-order valence-corrected chi connectivity index (χ2v) is 9.01. The fourth-order valence-electron chi connectivity index (χ4n) is 4.63. The van der Waals surface area contributed by atoms with Crippen molar-refractivity contribution >= 4 is 17.5 Å². The molecule has 0 aliphatic carbocycles. The zero-order valence-corrected chi connectivity index (χ0v) is 19.2. The molecule has 0 spiro atoms. The van der Waals surface area contributed by atoms with Gasteiger partial charge in [-0.1, -0.05) is 6.92 Å². The van der Waals surface area contributed by atoms with Gasteiger partial charge < -0.3 is 19.7 Å². The van der Waals surface area contributed by atoms with E-state index >= 15 is 0 Å². The molecule has 8 nitrogen and oxygen atoms in total. The van der Waals surface area contributed by atoms with Crippen molar-refractivity contribution in [3.05, 3.63) is 29.6 Å². The van der Waals surface area contributed by atoms with E-state index in [1.54, 1.807) is 0 Å². The smallest absolute Gasteiger partial charge is 0.356 e. The molecule has 2 aromatic heterocycles. The van der Waals surface area contributed by atoms with E-state index in [9.17, 15) is 18.0 Å². The summed E-state index contributed by atoms with van der Waals surface area (Å²) in [6, 6.07) is 0. The molecular formula is C22H30F3N7O. The van der Waals surface area contributed by atoms with Crippen molar-refractivity contribution in [3.63, 3.8) is 0 Å². The Labute approximate surface area is 191 Å². The van der Waals surface area contributed by atoms with Crippen molar-refractivity contribution in [3.8, 4) is 0 Å². The molecule has 1 amide bonds. The van der Waals surface area contributed by atoms with E-state index in [-0.39, 0.29) is 23.1 Å². The summed E-state index contributed by atoms with van der Waals surface area (Å²) in [7, 11) is 4.07. The van der Waals surface area contributed by atoms with Gasteiger partial charge in [0.25, 0.3) is 0 Å². The van der Waals surface area contributed by atoms with E-state index in [4.69, 9.17) is 4.98 Å². The third kappa shape index (κ3) is 4.97. The zero-order valence-electron chi connectivity index (χ0n) is 19.2. The van der Waals surface area contributed by atoms with Crippen LogP contribution in [0.25, 0.3) is 0 Å². The second kappa shape index (κ2) is 9.28. The number of imidazole rings is 1. The number of carbonyl (C=O) groups is 1. The number of alkyl halides is 3. The Morgan fingerprint density at radius 3 is 2.58 bits per heavy atom. The van der Waals surface area contributed by atoms with Crippen LogP contribution in [0.4, 0.5) is 24.8 Å². The number of amides is 1. The van der Waals surface area contributed by atoms with Crippen LogP contribution in [0.5, 0.6) is 0 Å². The van der Waals surface area contributed by atoms with Crippen LogP contribution in [-0.4, -0.2) is 70.2 Å². The van der Waals surface area contributed by atoms with Gasteiger partial charge in [0.05, 0.1) is 17.2 Å². The van der Waals surface area contributed by atoms with Crippen molar-refractivity contribution < 1.29 is 18.0 Å². The van der Waals surface area contributed by atoms with E-state index in [0.717, 1.165) is 43.9 Å². The first kappa shape index (κ1) is 23.5. The number of nitrogens with one attached hydrogen (secondary N) is 1. The Hall–Kier alpha value is -2.69. The molecule has 4 rings (SSSR count). The predicted molar refractivity (Wildman–Crippen MR) is 118 cm³/mol. The first-order valence-electron chi connectivity index (χ1n) is 11.3. The first-order valence-corrected chi connectivity index (χ1v) is 11.3. The molecule has 11 heteroatoms. The van der Waals surface area contributed by atoms with Gasteiger partial charge in [-0.05, 0) is 33.4 Å². The van der Waals surface area contributed by atoms with Crippen LogP contribution in [-0.2, 0) is 17.8 Å². The highest BCUT2D eigenvalue weighted by Gasteiger charge is 2.48. The minimum Gasteiger partial charge on any atom is -0.356 e. The highest BCUT2D eigenvalue weighted by Crippen LogP contribution is 2.46. The molecule has 0 unspecified atom stereocenters. The van der Waals surface area contributed by atoms with Crippen LogP contribution in [0.15, 0.2) is 12.5 Å². The maximum Gasteiger partial charge on any atom is 0.396 e. The molecule has 180 valence electrons. The zero-order chi connectivity index (χ0) is 23.8. The number of anilines is 2. The maximum atomic E-state index is 13.8. The van der Waals surface area contributed by atoms with E-state index in [1.165, 1.54) is 6.33 Å². The van der Waals surface area contributed by atoms with Crippen LogP contribution in [0.2, 0.25) is 0 Å². The number of fused-ring (bicyclic) bond motifs is 1. The van der Waals surface area contributed by atoms with E-state index in [1.807, 2.05) is 19.0 Å². The summed E-state index contributed by atoms with van der Waals surface area (Å²) in [5, 5.41) is 2.48. The summed E-state index contributed by atoms with van der Waals surface area (Å²) in [6.07, 6.45) is 0.546. The van der Waals surface area contributed by atoms with Crippen molar-refractivity contribution in [2.45, 2.75) is 57.2 Å². The summed E-state index contributed by atoms with van der Waals surface area (Å²) in [5.41, 5.74) is 1.03. The van der Waals surface area contributed by atoms with Crippen LogP contribution >= 0.6 is 0 Å². The number of hydrogen-bond donors (Lipinski definition) is 1. The summed E-state index contributed by atoms with van der Waals surface area (Å²) >= 11 is 0. The molecular weight excluding hydrogens is 435 g/mol. The number of likely N-dealkylation sites (N-methyl/N-ethyl adjacent to an activating group) is 1. The van der Waals surface area contributed by atoms with Gasteiger partial charge in [0, 0.05) is 44.7 Å². The second-order valence-electron chi connectivity index (χ2n) is 9.01. The van der Waals surface area contributed by atoms with Crippen molar-refractivity contribution in [1.82, 2.24) is 24.4 Å². The number of hydrogen-bond acceptors (Lipinski definition) is 6. The standard InChI is InChI=1S/C22H30F3N7O/c1-4-15-12-32(10-9-30(2)3)20(28-15)14-5-7-31(8-6-14)21-18-16(22(23,24)25)11-17(33)29-19(18)26-13-27-21/h12-14,16H,4-11H2,1-3H3,(H,26,27,29,33)/t16-/m1/s1. The molecule has 1 N–H and O–H groups in total. The maximum absolute atomic E-state index is 13.8. The number of piperidine rings is 1. The molecule has 1 saturated heterocycles. The lowest BCUT2D eigenvalue weighted by molar-refractivity contribution is -0.156. The Morgan fingerprint density at radius 1 is 1.21 bits per heavy atom. The van der Waals surface area contributed by atoms with Gasteiger partial charge in [-0.2, -0.15) is 13.2 Å². The number of aryl methyl sites for hydroxylation is 1. The van der Waals surface area contributed by atoms with Gasteiger partial charge in [0.2, 0.25) is 5.91 Å². The largest absolute Gasteiger partial charge is 0.396 e. The number of rotatable bonds is 6. The molecule has 2 aromatic rings. The molecule has 1 fully saturated rings. The van der Waals surface area contributed by atoms with Gasteiger partial charge in [-0.25, -0.2) is 15.0 Å². The first-order chi connectivity index (χ1) is 15.7. The summed E-state index contributed by atoms with van der Waals surface area (Å²) in [6.45, 7) is 4.97. The third-order valence-corrected chi connectivity index (χ3v) is 6.42. The van der Waals surface area contributed by atoms with Crippen LogP contribution in [0.3, 0.4) is 0 Å². The minimum atomic E-state index is -4.54. The molecule has 33 heavy (non-hydrogen) atoms. The summed E-state index contributed by atoms with van der Waals surface area (Å²) in [4.78, 5) is 28.8. The highest BCUT2D eigenvalue weighted by molar-refractivity contribution is 5.94. The van der Waals surface area contributed by atoms with Crippen molar-refractivity contribution in [2.75, 3.05) is 43.9 Å². The highest BCUT2D eigenvalue weighted by atomic mass is 19.4. The van der Waals surface area contributed by atoms with Crippen molar-refractivity contribution in [1.29, 1.82) is 0 Å². The Bertz CT molecular complexity index is 996. The van der Waals surface area contributed by atoms with E-state index in [0.29, 0.717) is 13.1 Å². The molecule has 0 aromatic carbocycles. The van der Waals surface area contributed by atoms with Crippen LogP contribution in [0.1, 0.15) is 55.1 Å². The van der Waals surface area contributed by atoms with Crippen LogP contribution < -0.4 is 10.2 Å². The minimum absolute atomic E-state index is 0.0243. The molecule has 1 atom stereocenters. The Balaban J connectivity index is 1.55. The molecule has 2 aliphatic rings. The number of carbonyl (C=O) groups excluding carboxylic acids is 1. The monoisotopic (exact) mass is 465 g/mol. The summed E-state index contributed by atoms with van der Waals surface area (Å²) in [5.74, 6) is -1.05. The SMILES string of the molecule is CCc1cn(CCN(C)C)c(C2CCN(c3ncnc4c3[C@H](C(F)(F)F)CC(=O)N4)CC2)n1. The molecule has 2 aliphatic heterocycles. The fraction of sp³-hybridized carbons (Fsp3) is 0.636. The lowest BCUT2D eigenvalue weighted by atomic mass is 9.90. The van der Waals surface area contributed by atoms with Crippen molar-refractivity contribution in [2.24, 2.45) is 0 Å². The van der Waals surface area contributed by atoms with E-state index < -0.39 is 24.4 Å². The van der Waals surface area contributed by atoms with Gasteiger partial charge in [-0.3, -0.25) is 4.79 Å². The summed E-state index contributed by atoms with van der Waals surface area (Å²) < 4.78 is 43.5. The fourth-order valence-corrected chi connectivity index (χ4v) is 4.63. The van der Waals surface area contributed by atoms with E-state index in [2.05, 4.69) is 37.9 Å². The topological polar surface area (TPSA) is 79.2 Å². The molecule has 4 heterocycles. The lowest BCUT2D eigenvalue weighted by Gasteiger charge is -2.36. The van der Waals surface area contributed by atoms with Gasteiger partial charge in [-0.15, -0.1) is 0 Å². The average Bonchev–Trinajstić information content (AvgIpc) is 3.19.